The van der Waals surface area contributed by atoms with Gasteiger partial charge in [-0.15, -0.1) is 0 Å². The van der Waals surface area contributed by atoms with E-state index in [9.17, 15) is 18.5 Å². The standard InChI is InChI=1S/C11H19N3O4S2/c1-4-5-6-7-13(3)20(17,18)10-8-9(14(15)16)11(12-2)19-10/h8,12H,4-7H2,1-3H3. The highest BCUT2D eigenvalue weighted by Gasteiger charge is 2.28. The summed E-state index contributed by atoms with van der Waals surface area (Å²) in [6.45, 7) is 2.45. The molecule has 0 aliphatic rings. The van der Waals surface area contributed by atoms with E-state index >= 15 is 0 Å². The number of rotatable bonds is 8. The SMILES string of the molecule is CCCCCN(C)S(=O)(=O)c1cc([N+](=O)[O-])c(NC)s1. The first kappa shape index (κ1) is 16.9. The first-order valence-electron chi connectivity index (χ1n) is 6.26. The second kappa shape index (κ2) is 7.00. The Hall–Kier alpha value is -1.19. The lowest BCUT2D eigenvalue weighted by Crippen LogP contribution is -2.27. The van der Waals surface area contributed by atoms with E-state index in [-0.39, 0.29) is 14.9 Å². The van der Waals surface area contributed by atoms with E-state index in [2.05, 4.69) is 5.32 Å². The number of hydrogen-bond donors (Lipinski definition) is 1. The van der Waals surface area contributed by atoms with Crippen molar-refractivity contribution in [1.82, 2.24) is 4.31 Å². The van der Waals surface area contributed by atoms with Crippen molar-refractivity contribution in [3.63, 3.8) is 0 Å². The summed E-state index contributed by atoms with van der Waals surface area (Å²) in [5, 5.41) is 13.8. The molecule has 1 N–H and O–H groups in total. The van der Waals surface area contributed by atoms with Crippen LogP contribution in [-0.2, 0) is 10.0 Å². The second-order valence-corrected chi connectivity index (χ2v) is 7.64. The summed E-state index contributed by atoms with van der Waals surface area (Å²) in [4.78, 5) is 10.3. The van der Waals surface area contributed by atoms with E-state index in [1.807, 2.05) is 6.92 Å². The Bertz CT molecular complexity index is 568. The number of nitrogens with one attached hydrogen (secondary N) is 1. The molecule has 0 saturated carbocycles. The molecule has 0 unspecified atom stereocenters. The lowest BCUT2D eigenvalue weighted by molar-refractivity contribution is -0.383. The molecular weight excluding hydrogens is 302 g/mol. The van der Waals surface area contributed by atoms with Crippen LogP contribution in [0.4, 0.5) is 10.7 Å². The van der Waals surface area contributed by atoms with Crippen LogP contribution in [0.25, 0.3) is 0 Å². The van der Waals surface area contributed by atoms with Crippen molar-refractivity contribution in [3.05, 3.63) is 16.2 Å². The van der Waals surface area contributed by atoms with Gasteiger partial charge in [0.05, 0.1) is 4.92 Å². The number of nitrogens with zero attached hydrogens (tertiary/aromatic N) is 2. The van der Waals surface area contributed by atoms with Crippen LogP contribution in [0.2, 0.25) is 0 Å². The van der Waals surface area contributed by atoms with Crippen LogP contribution in [0.15, 0.2) is 10.3 Å². The molecule has 1 rings (SSSR count). The fourth-order valence-electron chi connectivity index (χ4n) is 1.66. The molecule has 0 aliphatic heterocycles. The molecule has 20 heavy (non-hydrogen) atoms. The first-order valence-corrected chi connectivity index (χ1v) is 8.52. The van der Waals surface area contributed by atoms with E-state index in [0.717, 1.165) is 36.7 Å². The molecule has 0 aliphatic carbocycles. The molecule has 1 heterocycles. The average molecular weight is 321 g/mol. The summed E-state index contributed by atoms with van der Waals surface area (Å²) < 4.78 is 25.9. The highest BCUT2D eigenvalue weighted by atomic mass is 32.2. The van der Waals surface area contributed by atoms with Gasteiger partial charge in [-0.25, -0.2) is 12.7 Å². The Kier molecular flexibility index (Phi) is 5.90. The van der Waals surface area contributed by atoms with Crippen LogP contribution in [0.1, 0.15) is 26.2 Å². The largest absolute Gasteiger partial charge is 0.374 e. The summed E-state index contributed by atoms with van der Waals surface area (Å²) in [6, 6.07) is 1.11. The van der Waals surface area contributed by atoms with Crippen molar-refractivity contribution >= 4 is 32.0 Å². The minimum absolute atomic E-state index is 0.00690. The zero-order valence-electron chi connectivity index (χ0n) is 11.7. The maximum absolute atomic E-state index is 12.3. The monoisotopic (exact) mass is 321 g/mol. The van der Waals surface area contributed by atoms with E-state index in [1.165, 1.54) is 18.4 Å². The van der Waals surface area contributed by atoms with Gasteiger partial charge in [-0.05, 0) is 6.42 Å². The second-order valence-electron chi connectivity index (χ2n) is 4.32. The van der Waals surface area contributed by atoms with Gasteiger partial charge < -0.3 is 5.32 Å². The fraction of sp³-hybridized carbons (Fsp3) is 0.636. The van der Waals surface area contributed by atoms with Crippen LogP contribution < -0.4 is 5.32 Å². The van der Waals surface area contributed by atoms with Gasteiger partial charge in [-0.3, -0.25) is 10.1 Å². The minimum Gasteiger partial charge on any atom is -0.374 e. The van der Waals surface area contributed by atoms with Crippen LogP contribution in [0.5, 0.6) is 0 Å². The number of thiophene rings is 1. The lowest BCUT2D eigenvalue weighted by atomic mass is 10.2. The zero-order valence-corrected chi connectivity index (χ0v) is 13.4. The highest BCUT2D eigenvalue weighted by molar-refractivity contribution is 7.91. The smallest absolute Gasteiger partial charge is 0.304 e. The molecule has 7 nitrogen and oxygen atoms in total. The summed E-state index contributed by atoms with van der Waals surface area (Å²) in [5.74, 6) is 0. The zero-order chi connectivity index (χ0) is 15.3. The van der Waals surface area contributed by atoms with Gasteiger partial charge in [-0.1, -0.05) is 31.1 Å². The Labute approximate surface area is 122 Å². The van der Waals surface area contributed by atoms with Gasteiger partial charge in [0.1, 0.15) is 4.21 Å². The minimum atomic E-state index is -3.66. The summed E-state index contributed by atoms with van der Waals surface area (Å²) in [5.41, 5.74) is -0.210. The average Bonchev–Trinajstić information content (AvgIpc) is 2.83. The molecule has 0 radical (unpaired) electrons. The van der Waals surface area contributed by atoms with Crippen molar-refractivity contribution in [1.29, 1.82) is 0 Å². The lowest BCUT2D eigenvalue weighted by Gasteiger charge is -2.15. The Morgan fingerprint density at radius 3 is 2.55 bits per heavy atom. The number of nitro groups is 1. The maximum Gasteiger partial charge on any atom is 0.304 e. The number of sulfonamides is 1. The molecule has 0 amide bonds. The molecule has 0 bridgehead atoms. The normalized spacial score (nSPS) is 11.8. The molecule has 0 aromatic carbocycles. The molecule has 0 atom stereocenters. The van der Waals surface area contributed by atoms with Crippen molar-refractivity contribution in [3.8, 4) is 0 Å². The van der Waals surface area contributed by atoms with Gasteiger partial charge in [-0.2, -0.15) is 0 Å². The molecule has 1 aromatic rings. The van der Waals surface area contributed by atoms with E-state index < -0.39 is 14.9 Å². The molecule has 0 saturated heterocycles. The first-order chi connectivity index (χ1) is 9.34. The summed E-state index contributed by atoms with van der Waals surface area (Å²) >= 11 is 0.880. The molecule has 1 aromatic heterocycles. The molecule has 9 heteroatoms. The van der Waals surface area contributed by atoms with Gasteiger partial charge in [0.25, 0.3) is 10.0 Å². The number of unbranched alkanes of at least 4 members (excludes halogenated alkanes) is 2. The van der Waals surface area contributed by atoms with Gasteiger partial charge >= 0.3 is 5.69 Å². The molecule has 114 valence electrons. The summed E-state index contributed by atoms with van der Waals surface area (Å²) in [7, 11) is -0.634. The van der Waals surface area contributed by atoms with E-state index in [0.29, 0.717) is 6.54 Å². The topological polar surface area (TPSA) is 92.5 Å². The van der Waals surface area contributed by atoms with Crippen LogP contribution in [-0.4, -0.2) is 38.3 Å². The predicted molar refractivity (Wildman–Crippen MR) is 79.9 cm³/mol. The Morgan fingerprint density at radius 1 is 1.45 bits per heavy atom. The number of anilines is 1. The third-order valence-corrected chi connectivity index (χ3v) is 6.30. The van der Waals surface area contributed by atoms with Crippen molar-refractivity contribution in [2.24, 2.45) is 0 Å². The van der Waals surface area contributed by atoms with Gasteiger partial charge in [0, 0.05) is 26.7 Å². The Morgan fingerprint density at radius 2 is 2.10 bits per heavy atom. The summed E-state index contributed by atoms with van der Waals surface area (Å²) in [6.07, 6.45) is 2.73. The third-order valence-electron chi connectivity index (χ3n) is 2.85. The van der Waals surface area contributed by atoms with Crippen LogP contribution in [0.3, 0.4) is 0 Å². The van der Waals surface area contributed by atoms with Crippen LogP contribution >= 0.6 is 11.3 Å². The quantitative estimate of drug-likeness (QED) is 0.451. The maximum atomic E-state index is 12.3. The third kappa shape index (κ3) is 3.68. The Balaban J connectivity index is 3.00. The molecule has 0 spiro atoms. The predicted octanol–water partition coefficient (Wildman–Crippen LogP) is 2.51. The molecular formula is C11H19N3O4S2. The van der Waals surface area contributed by atoms with Crippen LogP contribution in [0, 0.1) is 10.1 Å². The van der Waals surface area contributed by atoms with Crippen molar-refractivity contribution in [2.75, 3.05) is 26.0 Å². The van der Waals surface area contributed by atoms with Crippen molar-refractivity contribution in [2.45, 2.75) is 30.4 Å². The van der Waals surface area contributed by atoms with E-state index in [1.54, 1.807) is 0 Å². The number of hydrogen-bond acceptors (Lipinski definition) is 6. The molecule has 0 fully saturated rings. The van der Waals surface area contributed by atoms with Gasteiger partial charge in [0.15, 0.2) is 5.00 Å². The fourth-order valence-corrected chi connectivity index (χ4v) is 4.36. The highest BCUT2D eigenvalue weighted by Crippen LogP contribution is 2.37. The van der Waals surface area contributed by atoms with Crippen molar-refractivity contribution < 1.29 is 13.3 Å². The van der Waals surface area contributed by atoms with E-state index in [4.69, 9.17) is 0 Å². The van der Waals surface area contributed by atoms with Gasteiger partial charge in [0.2, 0.25) is 0 Å².